The van der Waals surface area contributed by atoms with Gasteiger partial charge in [0.1, 0.15) is 0 Å². The number of likely N-dealkylation sites (tertiary alicyclic amines) is 1. The van der Waals surface area contributed by atoms with Crippen molar-refractivity contribution in [1.29, 1.82) is 0 Å². The Hall–Kier alpha value is -1.58. The van der Waals surface area contributed by atoms with Gasteiger partial charge in [0.05, 0.1) is 5.92 Å². The van der Waals surface area contributed by atoms with Crippen molar-refractivity contribution in [2.75, 3.05) is 13.1 Å². The number of carbonyl (C=O) groups is 2. The number of nitrogens with zero attached hydrogens (tertiary/aromatic N) is 1. The molecule has 4 heteroatoms. The number of aliphatic carboxylic acids is 1. The van der Waals surface area contributed by atoms with Gasteiger partial charge in [-0.2, -0.15) is 0 Å². The molecule has 1 heterocycles. The van der Waals surface area contributed by atoms with E-state index in [0.717, 1.165) is 6.42 Å². The van der Waals surface area contributed by atoms with Gasteiger partial charge in [-0.15, -0.1) is 0 Å². The molecule has 0 unspecified atom stereocenters. The summed E-state index contributed by atoms with van der Waals surface area (Å²) in [5.41, 5.74) is 0. The van der Waals surface area contributed by atoms with Crippen LogP contribution in [0.2, 0.25) is 0 Å². The molecule has 1 fully saturated rings. The molecular weight excluding hydrogens is 206 g/mol. The van der Waals surface area contributed by atoms with E-state index in [4.69, 9.17) is 5.11 Å². The number of rotatable bonds is 3. The van der Waals surface area contributed by atoms with Gasteiger partial charge in [-0.1, -0.05) is 18.2 Å². The lowest BCUT2D eigenvalue weighted by molar-refractivity contribution is -0.144. The van der Waals surface area contributed by atoms with Crippen molar-refractivity contribution in [3.63, 3.8) is 0 Å². The fourth-order valence-electron chi connectivity index (χ4n) is 1.73. The normalized spacial score (nSPS) is 21.8. The molecule has 0 spiro atoms. The second-order valence-corrected chi connectivity index (χ2v) is 3.85. The number of amides is 1. The van der Waals surface area contributed by atoms with Crippen LogP contribution in [0.25, 0.3) is 0 Å². The van der Waals surface area contributed by atoms with Crippen molar-refractivity contribution in [1.82, 2.24) is 4.90 Å². The van der Waals surface area contributed by atoms with E-state index in [9.17, 15) is 9.59 Å². The Kier molecular flexibility index (Phi) is 4.76. The first-order valence-electron chi connectivity index (χ1n) is 5.46. The Balaban J connectivity index is 2.53. The molecule has 0 radical (unpaired) electrons. The van der Waals surface area contributed by atoms with Crippen LogP contribution in [-0.4, -0.2) is 35.0 Å². The summed E-state index contributed by atoms with van der Waals surface area (Å²) in [7, 11) is 0. The summed E-state index contributed by atoms with van der Waals surface area (Å²) in [6, 6.07) is 0. The predicted molar refractivity (Wildman–Crippen MR) is 60.9 cm³/mol. The van der Waals surface area contributed by atoms with Crippen molar-refractivity contribution in [3.05, 3.63) is 24.3 Å². The highest BCUT2D eigenvalue weighted by Gasteiger charge is 2.26. The quantitative estimate of drug-likeness (QED) is 0.582. The molecule has 1 aliphatic rings. The maximum Gasteiger partial charge on any atom is 0.308 e. The topological polar surface area (TPSA) is 57.6 Å². The highest BCUT2D eigenvalue weighted by molar-refractivity contribution is 5.88. The number of allylic oxidation sites excluding steroid dienone is 3. The van der Waals surface area contributed by atoms with Gasteiger partial charge in [-0.25, -0.2) is 0 Å². The van der Waals surface area contributed by atoms with E-state index in [1.807, 2.05) is 13.0 Å². The highest BCUT2D eigenvalue weighted by atomic mass is 16.4. The fourth-order valence-corrected chi connectivity index (χ4v) is 1.73. The van der Waals surface area contributed by atoms with E-state index in [2.05, 4.69) is 0 Å². The van der Waals surface area contributed by atoms with Gasteiger partial charge < -0.3 is 10.0 Å². The molecule has 1 amide bonds. The summed E-state index contributed by atoms with van der Waals surface area (Å²) in [6.07, 6.45) is 8.19. The lowest BCUT2D eigenvalue weighted by Gasteiger charge is -2.29. The number of hydrogen-bond acceptors (Lipinski definition) is 2. The van der Waals surface area contributed by atoms with Gasteiger partial charge in [0.25, 0.3) is 0 Å². The summed E-state index contributed by atoms with van der Waals surface area (Å²) >= 11 is 0. The summed E-state index contributed by atoms with van der Waals surface area (Å²) in [5, 5.41) is 8.88. The van der Waals surface area contributed by atoms with E-state index >= 15 is 0 Å². The molecule has 0 aromatic heterocycles. The number of carboxylic acids is 1. The predicted octanol–water partition coefficient (Wildman–Crippen LogP) is 1.44. The van der Waals surface area contributed by atoms with E-state index in [0.29, 0.717) is 19.5 Å². The third kappa shape index (κ3) is 3.53. The Bertz CT molecular complexity index is 320. The molecular formula is C12H17NO3. The second-order valence-electron chi connectivity index (χ2n) is 3.85. The lowest BCUT2D eigenvalue weighted by Crippen LogP contribution is -2.41. The first-order valence-corrected chi connectivity index (χ1v) is 5.46. The largest absolute Gasteiger partial charge is 0.481 e. The molecule has 16 heavy (non-hydrogen) atoms. The number of carboxylic acid groups (broad SMARTS) is 1. The first-order chi connectivity index (χ1) is 7.65. The molecule has 0 aromatic carbocycles. The molecule has 1 saturated heterocycles. The molecule has 0 aliphatic carbocycles. The molecule has 0 saturated carbocycles. The van der Waals surface area contributed by atoms with Crippen LogP contribution in [0.1, 0.15) is 19.8 Å². The zero-order valence-corrected chi connectivity index (χ0v) is 9.43. The van der Waals surface area contributed by atoms with Gasteiger partial charge in [0, 0.05) is 19.2 Å². The van der Waals surface area contributed by atoms with Crippen molar-refractivity contribution in [2.45, 2.75) is 19.8 Å². The third-order valence-corrected chi connectivity index (χ3v) is 2.62. The maximum absolute atomic E-state index is 11.7. The zero-order chi connectivity index (χ0) is 12.0. The molecule has 1 atom stereocenters. The van der Waals surface area contributed by atoms with Crippen LogP contribution in [0.3, 0.4) is 0 Å². The highest BCUT2D eigenvalue weighted by Crippen LogP contribution is 2.16. The summed E-state index contributed by atoms with van der Waals surface area (Å²) in [4.78, 5) is 24.1. The van der Waals surface area contributed by atoms with Gasteiger partial charge in [0.15, 0.2) is 0 Å². The smallest absolute Gasteiger partial charge is 0.308 e. The average Bonchev–Trinajstić information content (AvgIpc) is 2.29. The zero-order valence-electron chi connectivity index (χ0n) is 9.43. The molecule has 0 bridgehead atoms. The Labute approximate surface area is 95.2 Å². The Morgan fingerprint density at radius 3 is 2.75 bits per heavy atom. The average molecular weight is 223 g/mol. The monoisotopic (exact) mass is 223 g/mol. The SMILES string of the molecule is CC=CC=CC(=O)N1CCC[C@H](C(=O)O)C1. The summed E-state index contributed by atoms with van der Waals surface area (Å²) in [6.45, 7) is 2.85. The van der Waals surface area contributed by atoms with E-state index in [-0.39, 0.29) is 5.91 Å². The fraction of sp³-hybridized carbons (Fsp3) is 0.500. The van der Waals surface area contributed by atoms with Gasteiger partial charge in [0.2, 0.25) is 5.91 Å². The molecule has 1 N–H and O–H groups in total. The molecule has 4 nitrogen and oxygen atoms in total. The van der Waals surface area contributed by atoms with Crippen molar-refractivity contribution < 1.29 is 14.7 Å². The molecule has 1 rings (SSSR count). The van der Waals surface area contributed by atoms with Crippen molar-refractivity contribution >= 4 is 11.9 Å². The third-order valence-electron chi connectivity index (χ3n) is 2.62. The van der Waals surface area contributed by atoms with Crippen LogP contribution in [0.15, 0.2) is 24.3 Å². The number of hydrogen-bond donors (Lipinski definition) is 1. The van der Waals surface area contributed by atoms with Crippen LogP contribution < -0.4 is 0 Å². The van der Waals surface area contributed by atoms with Crippen LogP contribution in [0.5, 0.6) is 0 Å². The van der Waals surface area contributed by atoms with Gasteiger partial charge in [-0.05, 0) is 19.8 Å². The molecule has 0 aromatic rings. The summed E-state index contributed by atoms with van der Waals surface area (Å²) in [5.74, 6) is -1.33. The second kappa shape index (κ2) is 6.10. The minimum Gasteiger partial charge on any atom is -0.481 e. The Morgan fingerprint density at radius 1 is 1.38 bits per heavy atom. The van der Waals surface area contributed by atoms with Crippen molar-refractivity contribution in [3.8, 4) is 0 Å². The minimum absolute atomic E-state index is 0.107. The minimum atomic E-state index is -0.810. The first kappa shape index (κ1) is 12.5. The van der Waals surface area contributed by atoms with E-state index < -0.39 is 11.9 Å². The lowest BCUT2D eigenvalue weighted by atomic mass is 9.98. The van der Waals surface area contributed by atoms with E-state index in [1.54, 1.807) is 17.1 Å². The maximum atomic E-state index is 11.7. The Morgan fingerprint density at radius 2 is 2.12 bits per heavy atom. The van der Waals surface area contributed by atoms with Gasteiger partial charge >= 0.3 is 5.97 Å². The van der Waals surface area contributed by atoms with Crippen LogP contribution >= 0.6 is 0 Å². The molecule has 88 valence electrons. The number of piperidine rings is 1. The standard InChI is InChI=1S/C12H17NO3/c1-2-3-4-7-11(14)13-8-5-6-10(9-13)12(15)16/h2-4,7,10H,5-6,8-9H2,1H3,(H,15,16)/t10-/m0/s1. The van der Waals surface area contributed by atoms with Gasteiger partial charge in [-0.3, -0.25) is 9.59 Å². The number of carbonyl (C=O) groups excluding carboxylic acids is 1. The van der Waals surface area contributed by atoms with Crippen LogP contribution in [-0.2, 0) is 9.59 Å². The van der Waals surface area contributed by atoms with Crippen LogP contribution in [0.4, 0.5) is 0 Å². The summed E-state index contributed by atoms with van der Waals surface area (Å²) < 4.78 is 0. The van der Waals surface area contributed by atoms with Crippen LogP contribution in [0, 0.1) is 5.92 Å². The molecule has 1 aliphatic heterocycles. The van der Waals surface area contributed by atoms with Crippen molar-refractivity contribution in [2.24, 2.45) is 5.92 Å². The van der Waals surface area contributed by atoms with E-state index in [1.165, 1.54) is 6.08 Å².